The van der Waals surface area contributed by atoms with Gasteiger partial charge in [-0.25, -0.2) is 0 Å². The monoisotopic (exact) mass is 332 g/mol. The Balaban J connectivity index is 2.43. The highest BCUT2D eigenvalue weighted by molar-refractivity contribution is 14.1. The Morgan fingerprint density at radius 1 is 1.31 bits per heavy atom. The summed E-state index contributed by atoms with van der Waals surface area (Å²) in [4.78, 5) is 11.7. The lowest BCUT2D eigenvalue weighted by Crippen LogP contribution is -2.32. The van der Waals surface area contributed by atoms with Crippen LogP contribution in [0.3, 0.4) is 0 Å². The van der Waals surface area contributed by atoms with Gasteiger partial charge < -0.3 is 10.6 Å². The first-order valence-electron chi connectivity index (χ1n) is 5.32. The molecule has 1 aromatic carbocycles. The summed E-state index contributed by atoms with van der Waals surface area (Å²) >= 11 is 2.22. The van der Waals surface area contributed by atoms with Gasteiger partial charge in [0.05, 0.1) is 0 Å². The smallest absolute Gasteiger partial charge is 0.251 e. The molecule has 1 rings (SSSR count). The van der Waals surface area contributed by atoms with E-state index in [1.807, 2.05) is 31.3 Å². The van der Waals surface area contributed by atoms with Crippen molar-refractivity contribution in [2.24, 2.45) is 5.92 Å². The van der Waals surface area contributed by atoms with E-state index < -0.39 is 0 Å². The highest BCUT2D eigenvalue weighted by atomic mass is 127. The van der Waals surface area contributed by atoms with Crippen molar-refractivity contribution < 1.29 is 4.79 Å². The van der Waals surface area contributed by atoms with E-state index in [9.17, 15) is 4.79 Å². The van der Waals surface area contributed by atoms with E-state index in [1.165, 1.54) is 0 Å². The molecule has 0 aliphatic carbocycles. The maximum atomic E-state index is 11.7. The second-order valence-electron chi connectivity index (χ2n) is 3.88. The molecule has 0 aliphatic rings. The van der Waals surface area contributed by atoms with Crippen molar-refractivity contribution in [3.05, 3.63) is 33.4 Å². The van der Waals surface area contributed by atoms with Crippen LogP contribution < -0.4 is 10.6 Å². The first-order chi connectivity index (χ1) is 7.63. The van der Waals surface area contributed by atoms with Crippen LogP contribution in [-0.2, 0) is 0 Å². The molecule has 0 fully saturated rings. The summed E-state index contributed by atoms with van der Waals surface area (Å²) < 4.78 is 1.14. The molecule has 0 saturated heterocycles. The number of rotatable bonds is 5. The molecule has 3 nitrogen and oxygen atoms in total. The van der Waals surface area contributed by atoms with Crippen LogP contribution in [0.25, 0.3) is 0 Å². The zero-order chi connectivity index (χ0) is 12.0. The first kappa shape index (κ1) is 13.4. The van der Waals surface area contributed by atoms with Gasteiger partial charge in [-0.1, -0.05) is 6.92 Å². The van der Waals surface area contributed by atoms with E-state index >= 15 is 0 Å². The summed E-state index contributed by atoms with van der Waals surface area (Å²) in [5, 5.41) is 6.01. The number of hydrogen-bond acceptors (Lipinski definition) is 2. The van der Waals surface area contributed by atoms with Crippen molar-refractivity contribution in [1.29, 1.82) is 0 Å². The lowest BCUT2D eigenvalue weighted by atomic mass is 10.1. The Labute approximate surface area is 110 Å². The SMILES string of the molecule is CNCC(C)CNC(=O)c1ccc(I)cc1. The number of nitrogens with one attached hydrogen (secondary N) is 2. The fourth-order valence-electron chi connectivity index (χ4n) is 1.39. The predicted molar refractivity (Wildman–Crippen MR) is 74.6 cm³/mol. The molecule has 0 aromatic heterocycles. The topological polar surface area (TPSA) is 41.1 Å². The third kappa shape index (κ3) is 4.49. The Bertz CT molecular complexity index is 337. The van der Waals surface area contributed by atoms with Crippen molar-refractivity contribution in [2.45, 2.75) is 6.92 Å². The predicted octanol–water partition coefficient (Wildman–Crippen LogP) is 1.88. The number of hydrogen-bond donors (Lipinski definition) is 2. The number of carbonyl (C=O) groups is 1. The maximum absolute atomic E-state index is 11.7. The first-order valence-corrected chi connectivity index (χ1v) is 6.39. The Kier molecular flexibility index (Phi) is 5.76. The normalized spacial score (nSPS) is 12.2. The van der Waals surface area contributed by atoms with Crippen molar-refractivity contribution in [2.75, 3.05) is 20.1 Å². The van der Waals surface area contributed by atoms with Gasteiger partial charge in [-0.3, -0.25) is 4.79 Å². The number of amides is 1. The van der Waals surface area contributed by atoms with Crippen LogP contribution in [0.5, 0.6) is 0 Å². The van der Waals surface area contributed by atoms with E-state index in [4.69, 9.17) is 0 Å². The molecule has 1 atom stereocenters. The molecule has 0 saturated carbocycles. The summed E-state index contributed by atoms with van der Waals surface area (Å²) in [6.07, 6.45) is 0. The number of halogens is 1. The summed E-state index contributed by atoms with van der Waals surface area (Å²) in [6.45, 7) is 3.71. The molecule has 0 aliphatic heterocycles. The molecule has 0 spiro atoms. The Hall–Kier alpha value is -0.620. The van der Waals surface area contributed by atoms with Crippen LogP contribution in [0.2, 0.25) is 0 Å². The summed E-state index contributed by atoms with van der Waals surface area (Å²) in [7, 11) is 1.91. The molecule has 88 valence electrons. The van der Waals surface area contributed by atoms with Crippen LogP contribution in [0.15, 0.2) is 24.3 Å². The van der Waals surface area contributed by atoms with Gasteiger partial charge in [0.1, 0.15) is 0 Å². The van der Waals surface area contributed by atoms with Gasteiger partial charge in [0.15, 0.2) is 0 Å². The molecular weight excluding hydrogens is 315 g/mol. The molecule has 0 heterocycles. The highest BCUT2D eigenvalue weighted by Gasteiger charge is 2.06. The summed E-state index contributed by atoms with van der Waals surface area (Å²) in [5.41, 5.74) is 0.720. The van der Waals surface area contributed by atoms with Crippen LogP contribution in [0.1, 0.15) is 17.3 Å². The molecule has 2 N–H and O–H groups in total. The van der Waals surface area contributed by atoms with Crippen molar-refractivity contribution >= 4 is 28.5 Å². The molecule has 1 aromatic rings. The summed E-state index contributed by atoms with van der Waals surface area (Å²) in [5.74, 6) is 0.442. The average Bonchev–Trinajstić information content (AvgIpc) is 2.27. The maximum Gasteiger partial charge on any atom is 0.251 e. The van der Waals surface area contributed by atoms with Crippen LogP contribution >= 0.6 is 22.6 Å². The zero-order valence-electron chi connectivity index (χ0n) is 9.59. The van der Waals surface area contributed by atoms with E-state index in [1.54, 1.807) is 0 Å². The quantitative estimate of drug-likeness (QED) is 0.809. The molecule has 16 heavy (non-hydrogen) atoms. The molecule has 4 heteroatoms. The van der Waals surface area contributed by atoms with Gasteiger partial charge in [-0.15, -0.1) is 0 Å². The van der Waals surface area contributed by atoms with E-state index in [2.05, 4.69) is 40.1 Å². The third-order valence-corrected chi connectivity index (χ3v) is 2.99. The van der Waals surface area contributed by atoms with Gasteiger partial charge in [-0.2, -0.15) is 0 Å². The second kappa shape index (κ2) is 6.85. The zero-order valence-corrected chi connectivity index (χ0v) is 11.7. The van der Waals surface area contributed by atoms with Crippen molar-refractivity contribution in [3.63, 3.8) is 0 Å². The van der Waals surface area contributed by atoms with Gasteiger partial charge in [0, 0.05) is 15.7 Å². The van der Waals surface area contributed by atoms with Gasteiger partial charge in [-0.05, 0) is 66.4 Å². The standard InChI is InChI=1S/C12H17IN2O/c1-9(7-14-2)8-15-12(16)10-3-5-11(13)6-4-10/h3-6,9,14H,7-8H2,1-2H3,(H,15,16). The van der Waals surface area contributed by atoms with Crippen LogP contribution in [0.4, 0.5) is 0 Å². The lowest BCUT2D eigenvalue weighted by Gasteiger charge is -2.11. The van der Waals surface area contributed by atoms with Crippen molar-refractivity contribution in [3.8, 4) is 0 Å². The molecule has 1 unspecified atom stereocenters. The Morgan fingerprint density at radius 3 is 2.50 bits per heavy atom. The largest absolute Gasteiger partial charge is 0.352 e. The van der Waals surface area contributed by atoms with Gasteiger partial charge in [0.2, 0.25) is 0 Å². The molecule has 1 amide bonds. The van der Waals surface area contributed by atoms with Crippen molar-refractivity contribution in [1.82, 2.24) is 10.6 Å². The fourth-order valence-corrected chi connectivity index (χ4v) is 1.75. The van der Waals surface area contributed by atoms with Gasteiger partial charge >= 0.3 is 0 Å². The Morgan fingerprint density at radius 2 is 1.94 bits per heavy atom. The van der Waals surface area contributed by atoms with Crippen LogP contribution in [-0.4, -0.2) is 26.0 Å². The van der Waals surface area contributed by atoms with Gasteiger partial charge in [0.25, 0.3) is 5.91 Å². The molecule has 0 bridgehead atoms. The molecular formula is C12H17IN2O. The minimum absolute atomic E-state index is 0.000599. The summed E-state index contributed by atoms with van der Waals surface area (Å²) in [6, 6.07) is 7.57. The third-order valence-electron chi connectivity index (χ3n) is 2.27. The minimum atomic E-state index is -0.000599. The van der Waals surface area contributed by atoms with Crippen LogP contribution in [0, 0.1) is 9.49 Å². The van der Waals surface area contributed by atoms with E-state index in [0.717, 1.165) is 15.7 Å². The molecule has 0 radical (unpaired) electrons. The van der Waals surface area contributed by atoms with E-state index in [-0.39, 0.29) is 5.91 Å². The minimum Gasteiger partial charge on any atom is -0.352 e. The second-order valence-corrected chi connectivity index (χ2v) is 5.13. The lowest BCUT2D eigenvalue weighted by molar-refractivity contribution is 0.0948. The van der Waals surface area contributed by atoms with E-state index in [0.29, 0.717) is 12.5 Å². The highest BCUT2D eigenvalue weighted by Crippen LogP contribution is 2.06. The average molecular weight is 332 g/mol. The fraction of sp³-hybridized carbons (Fsp3) is 0.417. The number of benzene rings is 1. The number of carbonyl (C=O) groups excluding carboxylic acids is 1.